The van der Waals surface area contributed by atoms with Gasteiger partial charge in [0.2, 0.25) is 6.10 Å². The number of hydrogen-bond donors (Lipinski definition) is 1. The van der Waals surface area contributed by atoms with E-state index in [0.717, 1.165) is 5.56 Å². The van der Waals surface area contributed by atoms with Gasteiger partial charge in [-0.1, -0.05) is 41.9 Å². The monoisotopic (exact) mass is 369 g/mol. The van der Waals surface area contributed by atoms with Gasteiger partial charge in [0, 0.05) is 16.1 Å². The highest BCUT2D eigenvalue weighted by atomic mass is 35.5. The smallest absolute Gasteiger partial charge is 0.339 e. The van der Waals surface area contributed by atoms with Crippen LogP contribution in [0.2, 0.25) is 5.02 Å². The van der Waals surface area contributed by atoms with Gasteiger partial charge in [-0.3, -0.25) is 4.79 Å². The molecule has 1 aliphatic rings. The maximum atomic E-state index is 12.9. The van der Waals surface area contributed by atoms with Crippen LogP contribution >= 0.6 is 11.6 Å². The molecule has 0 saturated carbocycles. The molecule has 2 aromatic carbocycles. The van der Waals surface area contributed by atoms with E-state index in [4.69, 9.17) is 16.3 Å². The van der Waals surface area contributed by atoms with Crippen LogP contribution in [0.3, 0.4) is 0 Å². The lowest BCUT2D eigenvalue weighted by Gasteiger charge is -2.25. The number of benzene rings is 2. The Morgan fingerprint density at radius 2 is 1.73 bits per heavy atom. The van der Waals surface area contributed by atoms with Gasteiger partial charge >= 0.3 is 5.97 Å². The van der Waals surface area contributed by atoms with E-state index in [1.807, 2.05) is 51.1 Å². The minimum atomic E-state index is -1.05. The van der Waals surface area contributed by atoms with Crippen molar-refractivity contribution in [2.75, 3.05) is 0 Å². The van der Waals surface area contributed by atoms with Crippen LogP contribution in [0.4, 0.5) is 0 Å². The van der Waals surface area contributed by atoms with Gasteiger partial charge in [-0.15, -0.1) is 0 Å². The second kappa shape index (κ2) is 6.96. The second-order valence-electron chi connectivity index (χ2n) is 7.22. The summed E-state index contributed by atoms with van der Waals surface area (Å²) in [4.78, 5) is 25.4. The van der Waals surface area contributed by atoms with Crippen molar-refractivity contribution < 1.29 is 14.3 Å². The fourth-order valence-corrected chi connectivity index (χ4v) is 2.92. The van der Waals surface area contributed by atoms with Crippen molar-refractivity contribution in [3.63, 3.8) is 0 Å². The van der Waals surface area contributed by atoms with Crippen LogP contribution in [-0.4, -0.2) is 23.5 Å². The van der Waals surface area contributed by atoms with Crippen LogP contribution in [-0.2, 0) is 9.53 Å². The summed E-state index contributed by atoms with van der Waals surface area (Å²) in [6.07, 6.45) is 0.784. The highest BCUT2D eigenvalue weighted by Crippen LogP contribution is 2.30. The van der Waals surface area contributed by atoms with Gasteiger partial charge < -0.3 is 10.1 Å². The number of nitrogens with one attached hydrogen (secondary N) is 1. The first-order valence-electron chi connectivity index (χ1n) is 8.34. The summed E-state index contributed by atoms with van der Waals surface area (Å²) in [5.41, 5.74) is 2.08. The third kappa shape index (κ3) is 3.97. The molecule has 0 aromatic heterocycles. The molecule has 1 atom stereocenters. The first-order chi connectivity index (χ1) is 12.2. The Labute approximate surface area is 157 Å². The number of fused-ring (bicyclic) bond motifs is 1. The number of amides is 1. The standard InChI is InChI=1S/C21H20ClNO3/c1-21(2,3)23-19(24)18-17(13-8-10-15(22)11-9-13)12-14-6-4-5-7-16(14)20(25)26-18/h4-12,18H,1-3H3,(H,23,24). The lowest BCUT2D eigenvalue weighted by atomic mass is 9.96. The molecule has 1 heterocycles. The molecule has 0 fully saturated rings. The van der Waals surface area contributed by atoms with Gasteiger partial charge in [-0.25, -0.2) is 4.79 Å². The number of esters is 1. The van der Waals surface area contributed by atoms with Crippen LogP contribution in [0, 0.1) is 0 Å². The molecular formula is C21H20ClNO3. The van der Waals surface area contributed by atoms with Crippen molar-refractivity contribution in [2.24, 2.45) is 0 Å². The number of rotatable bonds is 2. The molecule has 1 amide bonds. The summed E-state index contributed by atoms with van der Waals surface area (Å²) in [5, 5.41) is 3.49. The molecule has 1 aliphatic heterocycles. The van der Waals surface area contributed by atoms with E-state index in [-0.39, 0.29) is 5.91 Å². The molecule has 0 aliphatic carbocycles. The van der Waals surface area contributed by atoms with Crippen LogP contribution in [0.15, 0.2) is 48.5 Å². The Hall–Kier alpha value is -2.59. The minimum absolute atomic E-state index is 0.361. The molecule has 4 nitrogen and oxygen atoms in total. The maximum absolute atomic E-state index is 12.9. The Bertz CT molecular complexity index is 879. The second-order valence-corrected chi connectivity index (χ2v) is 7.65. The Morgan fingerprint density at radius 1 is 1.08 bits per heavy atom. The van der Waals surface area contributed by atoms with Crippen molar-refractivity contribution in [1.82, 2.24) is 5.32 Å². The summed E-state index contributed by atoms with van der Waals surface area (Å²) in [6, 6.07) is 14.3. The van der Waals surface area contributed by atoms with Crippen molar-refractivity contribution in [3.8, 4) is 0 Å². The van der Waals surface area contributed by atoms with E-state index in [0.29, 0.717) is 21.7 Å². The van der Waals surface area contributed by atoms with Gasteiger partial charge in [-0.05, 0) is 56.2 Å². The van der Waals surface area contributed by atoms with E-state index in [9.17, 15) is 9.59 Å². The summed E-state index contributed by atoms with van der Waals surface area (Å²) in [7, 11) is 0. The van der Waals surface area contributed by atoms with E-state index in [1.165, 1.54) is 0 Å². The number of carbonyl (C=O) groups excluding carboxylic acids is 2. The fraction of sp³-hybridized carbons (Fsp3) is 0.238. The number of cyclic esters (lactones) is 1. The van der Waals surface area contributed by atoms with Crippen molar-refractivity contribution in [1.29, 1.82) is 0 Å². The van der Waals surface area contributed by atoms with Crippen molar-refractivity contribution >= 4 is 35.1 Å². The predicted octanol–water partition coefficient (Wildman–Crippen LogP) is 4.33. The van der Waals surface area contributed by atoms with E-state index in [2.05, 4.69) is 5.32 Å². The highest BCUT2D eigenvalue weighted by molar-refractivity contribution is 6.30. The third-order valence-corrected chi connectivity index (χ3v) is 4.16. The van der Waals surface area contributed by atoms with Gasteiger partial charge in [0.15, 0.2) is 0 Å². The average Bonchev–Trinajstić information content (AvgIpc) is 2.71. The van der Waals surface area contributed by atoms with Gasteiger partial charge in [0.1, 0.15) is 0 Å². The molecule has 2 aromatic rings. The van der Waals surface area contributed by atoms with Crippen molar-refractivity contribution in [3.05, 3.63) is 70.2 Å². The van der Waals surface area contributed by atoms with Crippen LogP contribution in [0.5, 0.6) is 0 Å². The summed E-state index contributed by atoms with van der Waals surface area (Å²) in [5.74, 6) is -0.880. The highest BCUT2D eigenvalue weighted by Gasteiger charge is 2.33. The van der Waals surface area contributed by atoms with Crippen LogP contribution in [0.25, 0.3) is 11.6 Å². The number of hydrogen-bond acceptors (Lipinski definition) is 3. The third-order valence-electron chi connectivity index (χ3n) is 3.91. The molecule has 1 unspecified atom stereocenters. The average molecular weight is 370 g/mol. The Kier molecular flexibility index (Phi) is 4.88. The van der Waals surface area contributed by atoms with E-state index < -0.39 is 17.6 Å². The predicted molar refractivity (Wildman–Crippen MR) is 103 cm³/mol. The lowest BCUT2D eigenvalue weighted by Crippen LogP contribution is -2.47. The largest absolute Gasteiger partial charge is 0.444 e. The Balaban J connectivity index is 2.11. The zero-order valence-electron chi connectivity index (χ0n) is 14.9. The first kappa shape index (κ1) is 18.2. The van der Waals surface area contributed by atoms with Gasteiger partial charge in [-0.2, -0.15) is 0 Å². The molecule has 0 saturated heterocycles. The summed E-state index contributed by atoms with van der Waals surface area (Å²) < 4.78 is 5.59. The molecule has 0 spiro atoms. The Morgan fingerprint density at radius 3 is 2.38 bits per heavy atom. The molecule has 0 bridgehead atoms. The SMILES string of the molecule is CC(C)(C)NC(=O)C1OC(=O)c2ccccc2C=C1c1ccc(Cl)cc1. The van der Waals surface area contributed by atoms with Crippen molar-refractivity contribution in [2.45, 2.75) is 32.4 Å². The molecule has 5 heteroatoms. The topological polar surface area (TPSA) is 55.4 Å². The van der Waals surface area contributed by atoms with Crippen LogP contribution < -0.4 is 5.32 Å². The fourth-order valence-electron chi connectivity index (χ4n) is 2.79. The lowest BCUT2D eigenvalue weighted by molar-refractivity contribution is -0.128. The normalized spacial score (nSPS) is 16.8. The molecule has 0 radical (unpaired) electrons. The molecule has 134 valence electrons. The molecule has 3 rings (SSSR count). The molecular weight excluding hydrogens is 350 g/mol. The zero-order chi connectivity index (χ0) is 18.9. The number of halogens is 1. The van der Waals surface area contributed by atoms with E-state index >= 15 is 0 Å². The minimum Gasteiger partial charge on any atom is -0.444 e. The summed E-state index contributed by atoms with van der Waals surface area (Å²) in [6.45, 7) is 5.64. The number of carbonyl (C=O) groups is 2. The van der Waals surface area contributed by atoms with Crippen LogP contribution in [0.1, 0.15) is 42.3 Å². The molecule has 26 heavy (non-hydrogen) atoms. The summed E-state index contributed by atoms with van der Waals surface area (Å²) >= 11 is 5.99. The van der Waals surface area contributed by atoms with Gasteiger partial charge in [0.05, 0.1) is 5.56 Å². The first-order valence-corrected chi connectivity index (χ1v) is 8.72. The maximum Gasteiger partial charge on any atom is 0.339 e. The zero-order valence-corrected chi connectivity index (χ0v) is 15.6. The van der Waals surface area contributed by atoms with Gasteiger partial charge in [0.25, 0.3) is 5.91 Å². The number of ether oxygens (including phenoxy) is 1. The quantitative estimate of drug-likeness (QED) is 0.801. The van der Waals surface area contributed by atoms with E-state index in [1.54, 1.807) is 24.3 Å². The molecule has 1 N–H and O–H groups in total.